The van der Waals surface area contributed by atoms with E-state index in [0.717, 1.165) is 13.8 Å². The van der Waals surface area contributed by atoms with Crippen LogP contribution in [0.3, 0.4) is 0 Å². The van der Waals surface area contributed by atoms with Crippen LogP contribution in [0, 0.1) is 27.6 Å². The van der Waals surface area contributed by atoms with Gasteiger partial charge in [-0.2, -0.15) is 0 Å². The topological polar surface area (TPSA) is 338 Å². The second kappa shape index (κ2) is 21.5. The Morgan fingerprint density at radius 1 is 0.822 bits per heavy atom. The van der Waals surface area contributed by atoms with E-state index in [1.807, 2.05) is 0 Å². The molecule has 1 aliphatic heterocycles. The average molecular weight is 1030 g/mol. The number of fused-ring (bicyclic) bond motifs is 5. The van der Waals surface area contributed by atoms with Crippen LogP contribution in [0.15, 0.2) is 71.8 Å². The summed E-state index contributed by atoms with van der Waals surface area (Å²) in [6.07, 6.45) is -13.7. The molecule has 2 aromatic rings. The third kappa shape index (κ3) is 9.98. The highest BCUT2D eigenvalue weighted by Crippen LogP contribution is 2.65. The van der Waals surface area contributed by atoms with Crippen LogP contribution in [0.5, 0.6) is 0 Å². The van der Waals surface area contributed by atoms with Crippen molar-refractivity contribution in [1.82, 2.24) is 5.32 Å². The molecule has 2 aromatic carbocycles. The highest BCUT2D eigenvalue weighted by Gasteiger charge is 2.79. The first kappa shape index (κ1) is 56.4. The molecule has 22 nitrogen and oxygen atoms in total. The van der Waals surface area contributed by atoms with E-state index < -0.39 is 182 Å². The molecule has 4 aliphatic rings. The van der Waals surface area contributed by atoms with Crippen molar-refractivity contribution in [2.75, 3.05) is 46.2 Å². The molecule has 1 amide bonds. The summed E-state index contributed by atoms with van der Waals surface area (Å²) < 4.78 is 41.9. The molecule has 2 saturated carbocycles. The van der Waals surface area contributed by atoms with E-state index in [1.54, 1.807) is 24.3 Å². The molecule has 73 heavy (non-hydrogen) atoms. The average Bonchev–Trinajstić information content (AvgIpc) is 3.37. The number of esters is 5. The molecule has 400 valence electrons. The number of ether oxygens (including phenoxy) is 7. The zero-order valence-electron chi connectivity index (χ0n) is 41.6. The molecule has 0 radical (unpaired) electrons. The number of rotatable bonds is 18. The lowest BCUT2D eigenvalue weighted by molar-refractivity contribution is -0.347. The smallest absolute Gasteiger partial charge is 0.407 e. The van der Waals surface area contributed by atoms with Crippen LogP contribution in [0.1, 0.15) is 83.3 Å². The molecular weight excluding hydrogens is 963 g/mol. The van der Waals surface area contributed by atoms with Gasteiger partial charge in [-0.15, -0.1) is 0 Å². The van der Waals surface area contributed by atoms with Gasteiger partial charge < -0.3 is 74.2 Å². The number of benzene rings is 2. The molecule has 0 aromatic heterocycles. The zero-order chi connectivity index (χ0) is 54.1. The minimum atomic E-state index is -2.67. The first-order valence-electron chi connectivity index (χ1n) is 23.7. The van der Waals surface area contributed by atoms with E-state index >= 15 is 4.79 Å². The van der Waals surface area contributed by atoms with Gasteiger partial charge in [-0.3, -0.25) is 19.2 Å². The van der Waals surface area contributed by atoms with Gasteiger partial charge in [-0.1, -0.05) is 62.4 Å². The summed E-state index contributed by atoms with van der Waals surface area (Å²) in [6.45, 7) is 3.47. The maximum absolute atomic E-state index is 16.4. The van der Waals surface area contributed by atoms with E-state index in [-0.39, 0.29) is 22.3 Å². The van der Waals surface area contributed by atoms with Gasteiger partial charge >= 0.3 is 35.9 Å². The van der Waals surface area contributed by atoms with Gasteiger partial charge in [0.25, 0.3) is 0 Å². The number of alkyl carbamates (subject to hydrolysis) is 1. The van der Waals surface area contributed by atoms with Crippen LogP contribution in [0.25, 0.3) is 0 Å². The second-order valence-corrected chi connectivity index (χ2v) is 20.4. The highest BCUT2D eigenvalue weighted by molar-refractivity contribution is 5.96. The van der Waals surface area contributed by atoms with E-state index in [1.165, 1.54) is 71.0 Å². The van der Waals surface area contributed by atoms with Crippen LogP contribution >= 0.6 is 0 Å². The lowest BCUT2D eigenvalue weighted by Crippen LogP contribution is -2.82. The largest absolute Gasteiger partial charge is 0.461 e. The summed E-state index contributed by atoms with van der Waals surface area (Å²) in [5.41, 5.74) is -13.4. The zero-order valence-corrected chi connectivity index (χ0v) is 41.6. The van der Waals surface area contributed by atoms with E-state index in [0.29, 0.717) is 0 Å². The molecule has 2 bridgehead atoms. The van der Waals surface area contributed by atoms with Gasteiger partial charge in [0.15, 0.2) is 23.6 Å². The number of amides is 1. The molecule has 1 heterocycles. The number of hydrogen-bond acceptors (Lipinski definition) is 21. The third-order valence-corrected chi connectivity index (χ3v) is 15.3. The molecule has 22 heteroatoms. The molecule has 3 fully saturated rings. The predicted molar refractivity (Wildman–Crippen MR) is 248 cm³/mol. The SMILES string of the molecule is CC(=O)O[C@@]12CO[C@@H]1C[C@H](OC(=O)C(C)(CO)CO)[C@@]1(C)C(=O)[C@H](OC(=O)C(C)(CO)CO)C3=C(C)[C@@H](OC(=O)[C@H](O)[C@@H](NC(=O)OCCO)c4ccccc4)C[C@@](O)([C@@H](OC(=O)c4ccccc4)C12)C3(C)C. The maximum atomic E-state index is 16.4. The summed E-state index contributed by atoms with van der Waals surface area (Å²) in [5.74, 6) is -9.01. The highest BCUT2D eigenvalue weighted by atomic mass is 16.6. The fourth-order valence-electron chi connectivity index (χ4n) is 10.5. The van der Waals surface area contributed by atoms with Gasteiger partial charge in [0.2, 0.25) is 0 Å². The van der Waals surface area contributed by atoms with Crippen LogP contribution < -0.4 is 5.32 Å². The van der Waals surface area contributed by atoms with E-state index in [2.05, 4.69) is 5.32 Å². The van der Waals surface area contributed by atoms with E-state index in [4.69, 9.17) is 33.2 Å². The number of carbonyl (C=O) groups is 7. The number of aliphatic hydroxyl groups is 7. The first-order valence-corrected chi connectivity index (χ1v) is 23.7. The number of hydrogen-bond donors (Lipinski definition) is 8. The van der Waals surface area contributed by atoms with Gasteiger partial charge in [0.05, 0.1) is 62.6 Å². The second-order valence-electron chi connectivity index (χ2n) is 20.4. The Hall–Kier alpha value is -5.85. The van der Waals surface area contributed by atoms with Crippen LogP contribution in [0.4, 0.5) is 4.79 Å². The van der Waals surface area contributed by atoms with Crippen molar-refractivity contribution >= 4 is 41.7 Å². The van der Waals surface area contributed by atoms with Crippen LogP contribution in [-0.4, -0.2) is 172 Å². The molecule has 3 aliphatic carbocycles. The van der Waals surface area contributed by atoms with Crippen molar-refractivity contribution in [1.29, 1.82) is 0 Å². The minimum Gasteiger partial charge on any atom is -0.461 e. The standard InChI is InChI=1S/C51H65NO21/c1-27-31(69-42(62)36(59)35(29-14-10-8-11-15-29)52-45(65)67-19-18-53)21-51(66)40(72-41(61)30-16-12-9-13-17-30)38-49(7,39(60)37(34(27)46(51,3)4)71-44(64)48(6,24-56)25-57)32(70-43(63)47(5,22-54)23-55)20-33-50(38,26-68-33)73-28(2)58/h8-17,31-33,35-38,40,53-57,59,66H,18-26H2,1-7H3,(H,52,65)/t31-,32-,33+,35-,36+,37+,38?,40-,49+,50-,51+/m0/s1. The maximum Gasteiger partial charge on any atom is 0.407 e. The van der Waals surface area contributed by atoms with Crippen molar-refractivity contribution in [3.05, 3.63) is 82.9 Å². The number of ketones is 1. The Bertz CT molecular complexity index is 2440. The Morgan fingerprint density at radius 2 is 1.38 bits per heavy atom. The fraction of sp³-hybridized carbons (Fsp3) is 0.588. The van der Waals surface area contributed by atoms with Gasteiger partial charge in [-0.05, 0) is 56.5 Å². The summed E-state index contributed by atoms with van der Waals surface area (Å²) in [5, 5.41) is 78.9. The molecule has 8 N–H and O–H groups in total. The molecular formula is C51H65NO21. The monoisotopic (exact) mass is 1030 g/mol. The van der Waals surface area contributed by atoms with Gasteiger partial charge in [0, 0.05) is 25.2 Å². The van der Waals surface area contributed by atoms with Crippen molar-refractivity contribution in [2.45, 2.75) is 115 Å². The summed E-state index contributed by atoms with van der Waals surface area (Å²) in [7, 11) is 0. The minimum absolute atomic E-state index is 0.0603. The van der Waals surface area contributed by atoms with Crippen molar-refractivity contribution in [3.63, 3.8) is 0 Å². The number of aliphatic hydroxyl groups excluding tert-OH is 6. The Morgan fingerprint density at radius 3 is 1.90 bits per heavy atom. The summed E-state index contributed by atoms with van der Waals surface area (Å²) >= 11 is 0. The van der Waals surface area contributed by atoms with Gasteiger partial charge in [-0.25, -0.2) is 14.4 Å². The lowest BCUT2D eigenvalue weighted by Gasteiger charge is -2.67. The third-order valence-electron chi connectivity index (χ3n) is 15.3. The molecule has 11 atom stereocenters. The number of nitrogens with one attached hydrogen (secondary N) is 1. The lowest BCUT2D eigenvalue weighted by atomic mass is 9.44. The quantitative estimate of drug-likeness (QED) is 0.0574. The molecule has 1 saturated heterocycles. The normalized spacial score (nSPS) is 29.3. The Balaban J connectivity index is 1.65. The Kier molecular flexibility index (Phi) is 16.7. The Labute approximate surface area is 420 Å². The molecule has 0 spiro atoms. The first-order chi connectivity index (χ1) is 34.3. The van der Waals surface area contributed by atoms with Crippen LogP contribution in [0.2, 0.25) is 0 Å². The van der Waals surface area contributed by atoms with Gasteiger partial charge in [0.1, 0.15) is 47.5 Å². The molecule has 6 rings (SSSR count). The summed E-state index contributed by atoms with van der Waals surface area (Å²) in [4.78, 5) is 100. The fourth-order valence-corrected chi connectivity index (χ4v) is 10.5. The van der Waals surface area contributed by atoms with Crippen molar-refractivity contribution in [2.24, 2.45) is 27.6 Å². The molecule has 1 unspecified atom stereocenters. The van der Waals surface area contributed by atoms with Crippen molar-refractivity contribution < 1.29 is 102 Å². The van der Waals surface area contributed by atoms with Crippen LogP contribution in [-0.2, 0) is 57.1 Å². The van der Waals surface area contributed by atoms with E-state index in [9.17, 15) is 64.5 Å². The number of Topliss-reactive ketones (excluding diaryl/α,β-unsaturated/α-hetero) is 1. The number of carbonyl (C=O) groups excluding carboxylic acids is 7. The summed E-state index contributed by atoms with van der Waals surface area (Å²) in [6, 6.07) is 13.6. The predicted octanol–water partition coefficient (Wildman–Crippen LogP) is 0.537. The van der Waals surface area contributed by atoms with Crippen molar-refractivity contribution in [3.8, 4) is 0 Å².